The van der Waals surface area contributed by atoms with Crippen molar-refractivity contribution >= 4 is 23.8 Å². The molecule has 0 spiro atoms. The van der Waals surface area contributed by atoms with Crippen molar-refractivity contribution in [3.63, 3.8) is 0 Å². The van der Waals surface area contributed by atoms with Crippen molar-refractivity contribution in [1.29, 1.82) is 0 Å². The van der Waals surface area contributed by atoms with Gasteiger partial charge in [0.1, 0.15) is 17.1 Å². The maximum absolute atomic E-state index is 13.9. The zero-order valence-electron chi connectivity index (χ0n) is 38.8. The molecule has 0 aromatic heterocycles. The molecule has 0 bridgehead atoms. The van der Waals surface area contributed by atoms with Crippen molar-refractivity contribution in [2.45, 2.75) is 91.9 Å². The van der Waals surface area contributed by atoms with Crippen LogP contribution >= 0.6 is 0 Å². The first-order chi connectivity index (χ1) is 29.6. The van der Waals surface area contributed by atoms with Gasteiger partial charge >= 0.3 is 6.09 Å². The molecule has 2 fully saturated rings. The van der Waals surface area contributed by atoms with E-state index < -0.39 is 29.8 Å². The Kier molecular flexibility index (Phi) is 23.9. The lowest BCUT2D eigenvalue weighted by Crippen LogP contribution is -2.49. The Hall–Kier alpha value is -3.74. The van der Waals surface area contributed by atoms with Crippen molar-refractivity contribution in [3.05, 3.63) is 23.8 Å². The van der Waals surface area contributed by atoms with Gasteiger partial charge in [-0.3, -0.25) is 24.2 Å². The number of nitrogens with one attached hydrogen (secondary N) is 4. The molecular weight excluding hydrogens is 801 g/mol. The van der Waals surface area contributed by atoms with E-state index in [4.69, 9.17) is 28.4 Å². The molecule has 0 unspecified atom stereocenters. The number of amides is 4. The minimum absolute atomic E-state index is 0.0297. The topological polar surface area (TPSA) is 198 Å². The number of hydrogen-bond donors (Lipinski definition) is 5. The molecule has 0 aliphatic carbocycles. The average molecular weight is 879 g/mol. The Morgan fingerprint density at radius 2 is 1.42 bits per heavy atom. The molecule has 2 aliphatic heterocycles. The number of alkyl carbamates (subject to hydrolysis) is 1. The van der Waals surface area contributed by atoms with Gasteiger partial charge in [0.05, 0.1) is 50.7 Å². The van der Waals surface area contributed by atoms with Crippen molar-refractivity contribution in [1.82, 2.24) is 31.1 Å². The third-order valence-corrected chi connectivity index (χ3v) is 11.1. The molecule has 4 amide bonds. The van der Waals surface area contributed by atoms with Gasteiger partial charge in [-0.1, -0.05) is 27.7 Å². The normalized spacial score (nSPS) is 17.1. The van der Waals surface area contributed by atoms with Crippen LogP contribution in [0.4, 0.5) is 4.79 Å². The number of morpholine rings is 2. The summed E-state index contributed by atoms with van der Waals surface area (Å²) in [7, 11) is 1.64. The second-order valence-electron chi connectivity index (χ2n) is 17.9. The lowest BCUT2D eigenvalue weighted by Gasteiger charge is -2.33. The Balaban J connectivity index is 1.69. The highest BCUT2D eigenvalue weighted by Gasteiger charge is 2.33. The maximum atomic E-state index is 13.9. The van der Waals surface area contributed by atoms with Gasteiger partial charge in [-0.2, -0.15) is 0 Å². The Morgan fingerprint density at radius 3 is 2.00 bits per heavy atom. The molecule has 2 heterocycles. The number of nitrogens with zero attached hydrogens (tertiary/aromatic N) is 2. The molecule has 354 valence electrons. The summed E-state index contributed by atoms with van der Waals surface area (Å²) in [5.74, 6) is -0.836. The minimum atomic E-state index is -1.09. The number of carbonyl (C=O) groups excluding carboxylic acids is 4. The van der Waals surface area contributed by atoms with Crippen LogP contribution in [0.25, 0.3) is 0 Å². The largest absolute Gasteiger partial charge is 0.493 e. The van der Waals surface area contributed by atoms with Gasteiger partial charge in [0.2, 0.25) is 5.91 Å². The fourth-order valence-electron chi connectivity index (χ4n) is 7.22. The summed E-state index contributed by atoms with van der Waals surface area (Å²) in [5.41, 5.74) is -0.477. The van der Waals surface area contributed by atoms with Gasteiger partial charge in [0.15, 0.2) is 6.61 Å². The summed E-state index contributed by atoms with van der Waals surface area (Å²) < 4.78 is 33.5. The molecule has 0 radical (unpaired) electrons. The van der Waals surface area contributed by atoms with Crippen molar-refractivity contribution in [3.8, 4) is 11.5 Å². The molecule has 1 aromatic carbocycles. The number of carbonyl (C=O) groups is 4. The van der Waals surface area contributed by atoms with Gasteiger partial charge in [-0.25, -0.2) is 4.79 Å². The van der Waals surface area contributed by atoms with E-state index in [0.717, 1.165) is 39.1 Å². The number of aliphatic hydroxyl groups excluding tert-OH is 1. The maximum Gasteiger partial charge on any atom is 0.407 e. The number of rotatable bonds is 27. The molecule has 17 nitrogen and oxygen atoms in total. The van der Waals surface area contributed by atoms with E-state index in [0.29, 0.717) is 89.2 Å². The number of aliphatic hydroxyl groups is 1. The quantitative estimate of drug-likeness (QED) is 0.0810. The van der Waals surface area contributed by atoms with Crippen molar-refractivity contribution in [2.75, 3.05) is 112 Å². The van der Waals surface area contributed by atoms with Crippen LogP contribution in [0.3, 0.4) is 0 Å². The number of unbranched alkanes of at least 4 members (excludes halogenated alkanes) is 1. The second kappa shape index (κ2) is 28.1. The van der Waals surface area contributed by atoms with Crippen LogP contribution < -0.4 is 30.7 Å². The molecule has 17 heteroatoms. The van der Waals surface area contributed by atoms with E-state index in [9.17, 15) is 24.3 Å². The number of methoxy groups -OCH3 is 1. The van der Waals surface area contributed by atoms with Gasteiger partial charge in [0.25, 0.3) is 11.8 Å². The molecule has 1 aromatic rings. The molecule has 62 heavy (non-hydrogen) atoms. The predicted molar refractivity (Wildman–Crippen MR) is 236 cm³/mol. The SMILES string of the molecule is COCCCCOc1cc(OCC(=O)NCCN2CCOCC2)ccc1C(=O)NC[C@@H](C[C@H](NC(=O)OC(C)(C)C)[C@@H](O)C[C@H](C(=O)NCCN1CCOCC1)C(C)C)C(C)C. The fourth-order valence-corrected chi connectivity index (χ4v) is 7.22. The number of ether oxygens (including phenoxy) is 6. The third-order valence-electron chi connectivity index (χ3n) is 11.1. The number of benzene rings is 1. The molecular formula is C45H78N6O11. The lowest BCUT2D eigenvalue weighted by atomic mass is 9.82. The summed E-state index contributed by atoms with van der Waals surface area (Å²) in [6.45, 7) is 22.6. The zero-order valence-corrected chi connectivity index (χ0v) is 38.8. The molecule has 0 saturated carbocycles. The van der Waals surface area contributed by atoms with E-state index in [1.807, 2.05) is 27.7 Å². The smallest absolute Gasteiger partial charge is 0.407 e. The fraction of sp³-hybridized carbons (Fsp3) is 0.778. The van der Waals surface area contributed by atoms with Gasteiger partial charge < -0.3 is 54.8 Å². The van der Waals surface area contributed by atoms with Crippen LogP contribution in [0.15, 0.2) is 18.2 Å². The van der Waals surface area contributed by atoms with Crippen LogP contribution in [0.5, 0.6) is 11.5 Å². The highest BCUT2D eigenvalue weighted by molar-refractivity contribution is 5.97. The van der Waals surface area contributed by atoms with Crippen LogP contribution in [-0.2, 0) is 28.5 Å². The standard InChI is InChI=1S/C45H78N6O11/c1-32(2)34(27-38(49-44(56)62-45(5,6)7)39(52)29-37(33(3)4)43(55)47-14-16-51-19-25-59-26-20-51)30-48-42(54)36-12-11-35(28-40(36)60-22-10-9-21-57-8)61-31-41(53)46-13-15-50-17-23-58-24-18-50/h11-12,28,32-34,37-39,52H,9-10,13-27,29-31H2,1-8H3,(H,46,53)(H,47,55)(H,48,54)(H,49,56)/t34-,37+,38+,39+/m1/s1. The summed E-state index contributed by atoms with van der Waals surface area (Å²) >= 11 is 0. The highest BCUT2D eigenvalue weighted by atomic mass is 16.6. The molecule has 2 saturated heterocycles. The minimum Gasteiger partial charge on any atom is -0.493 e. The van der Waals surface area contributed by atoms with E-state index >= 15 is 0 Å². The predicted octanol–water partition coefficient (Wildman–Crippen LogP) is 3.08. The van der Waals surface area contributed by atoms with Gasteiger partial charge in [0, 0.05) is 84.6 Å². The van der Waals surface area contributed by atoms with Crippen LogP contribution in [-0.4, -0.2) is 169 Å². The first kappa shape index (κ1) is 52.6. The molecule has 4 atom stereocenters. The van der Waals surface area contributed by atoms with Gasteiger partial charge in [-0.05, 0) is 76.3 Å². The van der Waals surface area contributed by atoms with E-state index in [1.165, 1.54) is 0 Å². The Bertz CT molecular complexity index is 1480. The lowest BCUT2D eigenvalue weighted by molar-refractivity contribution is -0.128. The second-order valence-corrected chi connectivity index (χ2v) is 17.9. The van der Waals surface area contributed by atoms with E-state index in [2.05, 4.69) is 31.1 Å². The van der Waals surface area contributed by atoms with E-state index in [1.54, 1.807) is 46.1 Å². The molecule has 5 N–H and O–H groups in total. The summed E-state index contributed by atoms with van der Waals surface area (Å²) in [6.07, 6.45) is 0.124. The summed E-state index contributed by atoms with van der Waals surface area (Å²) in [4.78, 5) is 57.6. The van der Waals surface area contributed by atoms with E-state index in [-0.39, 0.29) is 55.0 Å². The summed E-state index contributed by atoms with van der Waals surface area (Å²) in [5, 5.41) is 23.7. The van der Waals surface area contributed by atoms with Gasteiger partial charge in [-0.15, -0.1) is 0 Å². The van der Waals surface area contributed by atoms with Crippen LogP contribution in [0.1, 0.15) is 84.5 Å². The Labute approximate surface area is 369 Å². The third kappa shape index (κ3) is 20.6. The summed E-state index contributed by atoms with van der Waals surface area (Å²) in [6, 6.07) is 4.09. The first-order valence-electron chi connectivity index (χ1n) is 22.5. The average Bonchev–Trinajstić information content (AvgIpc) is 3.22. The molecule has 3 rings (SSSR count). The van der Waals surface area contributed by atoms with Crippen molar-refractivity contribution < 1.29 is 52.7 Å². The first-order valence-corrected chi connectivity index (χ1v) is 22.5. The zero-order chi connectivity index (χ0) is 45.5. The van der Waals surface area contributed by atoms with Crippen LogP contribution in [0, 0.1) is 23.7 Å². The van der Waals surface area contributed by atoms with Crippen molar-refractivity contribution in [2.24, 2.45) is 23.7 Å². The van der Waals surface area contributed by atoms with Crippen LogP contribution in [0.2, 0.25) is 0 Å². The monoisotopic (exact) mass is 879 g/mol. The Morgan fingerprint density at radius 1 is 0.806 bits per heavy atom. The number of hydrogen-bond acceptors (Lipinski definition) is 13. The molecule has 2 aliphatic rings. The highest BCUT2D eigenvalue weighted by Crippen LogP contribution is 2.28.